The first-order valence-corrected chi connectivity index (χ1v) is 11.9. The van der Waals surface area contributed by atoms with E-state index in [2.05, 4.69) is 15.3 Å². The minimum atomic E-state index is -2.70. The Morgan fingerprint density at radius 3 is 2.47 bits per heavy atom. The van der Waals surface area contributed by atoms with Crippen molar-refractivity contribution in [3.63, 3.8) is 0 Å². The van der Waals surface area contributed by atoms with Crippen molar-refractivity contribution < 1.29 is 23.1 Å². The fourth-order valence-corrected chi connectivity index (χ4v) is 4.19. The third-order valence-corrected chi connectivity index (χ3v) is 6.15. The molecule has 1 aromatic carbocycles. The fraction of sp³-hybridized carbons (Fsp3) is 0.462. The third kappa shape index (κ3) is 5.63. The number of imidazole rings is 1. The Morgan fingerprint density at radius 2 is 1.86 bits per heavy atom. The van der Waals surface area contributed by atoms with E-state index in [9.17, 15) is 18.4 Å². The number of hydrogen-bond donors (Lipinski definition) is 1. The van der Waals surface area contributed by atoms with Crippen molar-refractivity contribution >= 4 is 23.0 Å². The van der Waals surface area contributed by atoms with Gasteiger partial charge in [-0.2, -0.15) is 0 Å². The van der Waals surface area contributed by atoms with Crippen molar-refractivity contribution in [1.29, 1.82) is 0 Å². The SMILES string of the molecule is Cc1cc(-c2ccc(C(=O)N3CCC(F)(F)CC3)cn2)cc2c1nc(CNC(=O)OC(C)(C)C)n2C. The zero-order valence-electron chi connectivity index (χ0n) is 21.2. The second-order valence-corrected chi connectivity index (χ2v) is 10.2. The van der Waals surface area contributed by atoms with E-state index in [0.717, 1.165) is 22.2 Å². The summed E-state index contributed by atoms with van der Waals surface area (Å²) < 4.78 is 34.0. The topological polar surface area (TPSA) is 89.3 Å². The van der Waals surface area contributed by atoms with Crippen LogP contribution >= 0.6 is 0 Å². The van der Waals surface area contributed by atoms with Crippen LogP contribution in [0.2, 0.25) is 0 Å². The van der Waals surface area contributed by atoms with Gasteiger partial charge >= 0.3 is 6.09 Å². The van der Waals surface area contributed by atoms with Gasteiger partial charge in [0.2, 0.25) is 0 Å². The monoisotopic (exact) mass is 499 g/mol. The number of pyridine rings is 1. The molecule has 0 aliphatic carbocycles. The number of piperidine rings is 1. The molecule has 4 rings (SSSR count). The molecular weight excluding hydrogens is 468 g/mol. The minimum Gasteiger partial charge on any atom is -0.444 e. The number of rotatable bonds is 4. The van der Waals surface area contributed by atoms with E-state index in [1.54, 1.807) is 32.9 Å². The molecule has 2 amide bonds. The standard InChI is InChI=1S/C26H31F2N5O3/c1-16-12-18(13-20-22(16)31-21(32(20)5)15-30-24(35)36-25(2,3)4)19-7-6-17(14-29-19)23(34)33-10-8-26(27,28)9-11-33/h6-7,12-14H,8-11,15H2,1-5H3,(H,30,35). The second kappa shape index (κ2) is 9.48. The maximum atomic E-state index is 13.4. The van der Waals surface area contributed by atoms with E-state index in [-0.39, 0.29) is 38.4 Å². The van der Waals surface area contributed by atoms with Crippen LogP contribution in [0.3, 0.4) is 0 Å². The highest BCUT2D eigenvalue weighted by molar-refractivity contribution is 5.94. The van der Waals surface area contributed by atoms with Gasteiger partial charge in [-0.05, 0) is 57.5 Å². The summed E-state index contributed by atoms with van der Waals surface area (Å²) in [4.78, 5) is 35.3. The van der Waals surface area contributed by atoms with Crippen molar-refractivity contribution in [2.24, 2.45) is 7.05 Å². The zero-order valence-corrected chi connectivity index (χ0v) is 21.2. The lowest BCUT2D eigenvalue weighted by atomic mass is 10.0. The second-order valence-electron chi connectivity index (χ2n) is 10.2. The lowest BCUT2D eigenvalue weighted by Gasteiger charge is -2.31. The summed E-state index contributed by atoms with van der Waals surface area (Å²) >= 11 is 0. The highest BCUT2D eigenvalue weighted by atomic mass is 19.3. The fourth-order valence-electron chi connectivity index (χ4n) is 4.19. The van der Waals surface area contributed by atoms with Gasteiger partial charge in [-0.3, -0.25) is 9.78 Å². The molecule has 10 heteroatoms. The highest BCUT2D eigenvalue weighted by Crippen LogP contribution is 2.29. The third-order valence-electron chi connectivity index (χ3n) is 6.15. The van der Waals surface area contributed by atoms with Crippen LogP contribution in [-0.4, -0.2) is 56.0 Å². The molecule has 2 aromatic heterocycles. The molecule has 1 saturated heterocycles. The van der Waals surface area contributed by atoms with Crippen LogP contribution in [0.15, 0.2) is 30.5 Å². The summed E-state index contributed by atoms with van der Waals surface area (Å²) in [5.41, 5.74) is 3.95. The molecule has 0 radical (unpaired) electrons. The summed E-state index contributed by atoms with van der Waals surface area (Å²) in [5, 5.41) is 2.74. The zero-order chi connectivity index (χ0) is 26.3. The Bertz CT molecular complexity index is 1290. The van der Waals surface area contributed by atoms with Crippen LogP contribution in [-0.2, 0) is 18.3 Å². The summed E-state index contributed by atoms with van der Waals surface area (Å²) in [7, 11) is 1.88. The van der Waals surface area contributed by atoms with Gasteiger partial charge < -0.3 is 19.5 Å². The Kier molecular flexibility index (Phi) is 6.72. The number of alkyl halides is 2. The lowest BCUT2D eigenvalue weighted by Crippen LogP contribution is -2.42. The maximum Gasteiger partial charge on any atom is 0.408 e. The van der Waals surface area contributed by atoms with E-state index in [1.165, 1.54) is 11.1 Å². The predicted molar refractivity (Wildman–Crippen MR) is 132 cm³/mol. The van der Waals surface area contributed by atoms with Gasteiger partial charge in [-0.25, -0.2) is 18.6 Å². The van der Waals surface area contributed by atoms with Crippen molar-refractivity contribution in [3.8, 4) is 11.3 Å². The van der Waals surface area contributed by atoms with Crippen molar-refractivity contribution in [2.45, 2.75) is 58.6 Å². The molecule has 3 aromatic rings. The Balaban J connectivity index is 1.51. The quantitative estimate of drug-likeness (QED) is 0.555. The average molecular weight is 500 g/mol. The molecule has 0 saturated carbocycles. The number of likely N-dealkylation sites (tertiary alicyclic amines) is 1. The van der Waals surface area contributed by atoms with E-state index < -0.39 is 17.6 Å². The molecule has 36 heavy (non-hydrogen) atoms. The number of hydrogen-bond acceptors (Lipinski definition) is 5. The van der Waals surface area contributed by atoms with E-state index in [4.69, 9.17) is 4.74 Å². The number of alkyl carbamates (subject to hydrolysis) is 1. The average Bonchev–Trinajstić information content (AvgIpc) is 3.12. The van der Waals surface area contributed by atoms with Gasteiger partial charge in [0.15, 0.2) is 0 Å². The van der Waals surface area contributed by atoms with Crippen molar-refractivity contribution in [2.75, 3.05) is 13.1 Å². The smallest absolute Gasteiger partial charge is 0.408 e. The number of ether oxygens (including phenoxy) is 1. The number of aromatic nitrogens is 3. The molecule has 0 spiro atoms. The number of halogens is 2. The van der Waals surface area contributed by atoms with Crippen molar-refractivity contribution in [1.82, 2.24) is 24.8 Å². The van der Waals surface area contributed by atoms with Crippen LogP contribution in [0.4, 0.5) is 13.6 Å². The molecule has 192 valence electrons. The number of aryl methyl sites for hydroxylation is 2. The number of amides is 2. The van der Waals surface area contributed by atoms with E-state index in [1.807, 2.05) is 30.7 Å². The lowest BCUT2D eigenvalue weighted by molar-refractivity contribution is -0.0494. The largest absolute Gasteiger partial charge is 0.444 e. The molecule has 1 aliphatic heterocycles. The van der Waals surface area contributed by atoms with Crippen molar-refractivity contribution in [3.05, 3.63) is 47.4 Å². The molecule has 8 nitrogen and oxygen atoms in total. The summed E-state index contributed by atoms with van der Waals surface area (Å²) in [6, 6.07) is 7.36. The number of carbonyl (C=O) groups is 2. The van der Waals surface area contributed by atoms with Crippen LogP contribution in [0, 0.1) is 6.92 Å². The van der Waals surface area contributed by atoms with E-state index >= 15 is 0 Å². The number of nitrogens with zero attached hydrogens (tertiary/aromatic N) is 4. The predicted octanol–water partition coefficient (Wildman–Crippen LogP) is 4.84. The normalized spacial score (nSPS) is 15.7. The van der Waals surface area contributed by atoms with Gasteiger partial charge in [0.05, 0.1) is 28.8 Å². The van der Waals surface area contributed by atoms with Gasteiger partial charge in [-0.15, -0.1) is 0 Å². The molecule has 3 heterocycles. The number of carbonyl (C=O) groups excluding carboxylic acids is 2. The van der Waals surface area contributed by atoms with Crippen LogP contribution in [0.5, 0.6) is 0 Å². The van der Waals surface area contributed by atoms with Gasteiger partial charge in [-0.1, -0.05) is 0 Å². The van der Waals surface area contributed by atoms with Crippen LogP contribution < -0.4 is 5.32 Å². The Morgan fingerprint density at radius 1 is 1.17 bits per heavy atom. The number of benzene rings is 1. The molecule has 1 aliphatic rings. The first-order chi connectivity index (χ1) is 16.8. The van der Waals surface area contributed by atoms with Gasteiger partial charge in [0.1, 0.15) is 11.4 Å². The minimum absolute atomic E-state index is 0.0368. The molecule has 1 fully saturated rings. The van der Waals surface area contributed by atoms with E-state index in [0.29, 0.717) is 17.1 Å². The summed E-state index contributed by atoms with van der Waals surface area (Å²) in [6.07, 6.45) is 0.347. The molecule has 0 bridgehead atoms. The summed E-state index contributed by atoms with van der Waals surface area (Å²) in [6.45, 7) is 7.65. The Hall–Kier alpha value is -3.56. The molecule has 0 unspecified atom stereocenters. The Labute approximate surface area is 208 Å². The maximum absolute atomic E-state index is 13.4. The molecule has 0 atom stereocenters. The highest BCUT2D eigenvalue weighted by Gasteiger charge is 2.35. The van der Waals surface area contributed by atoms with Crippen LogP contribution in [0.25, 0.3) is 22.3 Å². The number of nitrogens with one attached hydrogen (secondary N) is 1. The number of fused-ring (bicyclic) bond motifs is 1. The first kappa shape index (κ1) is 25.5. The first-order valence-electron chi connectivity index (χ1n) is 11.9. The summed E-state index contributed by atoms with van der Waals surface area (Å²) in [5.74, 6) is -2.31. The van der Waals surface area contributed by atoms with Crippen LogP contribution in [0.1, 0.15) is 55.4 Å². The van der Waals surface area contributed by atoms with Gasteiger partial charge in [0.25, 0.3) is 11.8 Å². The van der Waals surface area contributed by atoms with Gasteiger partial charge in [0, 0.05) is 44.7 Å². The molecule has 1 N–H and O–H groups in total. The molecular formula is C26H31F2N5O3.